The number of hydrogen-bond acceptors (Lipinski definition) is 9. The van der Waals surface area contributed by atoms with Crippen molar-refractivity contribution in [3.8, 4) is 24.7 Å². The van der Waals surface area contributed by atoms with E-state index in [1.807, 2.05) is 0 Å². The summed E-state index contributed by atoms with van der Waals surface area (Å²) in [7, 11) is 3.36. The van der Waals surface area contributed by atoms with Crippen LogP contribution < -0.4 is 119 Å². The zero-order valence-electron chi connectivity index (χ0n) is 20.0. The Labute approximate surface area is 281 Å². The predicted molar refractivity (Wildman–Crippen MR) is 112 cm³/mol. The molecule has 0 spiro atoms. The third-order valence-corrected chi connectivity index (χ3v) is 4.17. The van der Waals surface area contributed by atoms with Gasteiger partial charge in [-0.3, -0.25) is 4.79 Å². The summed E-state index contributed by atoms with van der Waals surface area (Å²) >= 11 is 3.01. The summed E-state index contributed by atoms with van der Waals surface area (Å²) in [4.78, 5) is 11.2. The van der Waals surface area contributed by atoms with Crippen LogP contribution in [0.1, 0.15) is 14.3 Å². The quantitative estimate of drug-likeness (QED) is 0.0845. The van der Waals surface area contributed by atoms with Crippen molar-refractivity contribution in [3.63, 3.8) is 0 Å². The molecule has 31 heavy (non-hydrogen) atoms. The SMILES string of the molecule is C#CCBr.C#CCNC1CCOC[C@H]1OC.CO[C@@H]1COCCC1N.O=CO[O-].[H-].[K+].[K+]. The molecule has 0 aromatic rings. The number of nitrogens with two attached hydrogens (primary N) is 1. The van der Waals surface area contributed by atoms with E-state index >= 15 is 0 Å². The average Bonchev–Trinajstić information content (AvgIpc) is 2.79. The van der Waals surface area contributed by atoms with Crippen molar-refractivity contribution in [3.05, 3.63) is 0 Å². The summed E-state index contributed by atoms with van der Waals surface area (Å²) in [5, 5.41) is 12.3. The van der Waals surface area contributed by atoms with Gasteiger partial charge >= 0.3 is 103 Å². The minimum Gasteiger partial charge on any atom is -1.00 e. The molecular weight excluding hydrogens is 526 g/mol. The summed E-state index contributed by atoms with van der Waals surface area (Å²) in [6.07, 6.45) is 12.0. The maximum atomic E-state index is 8.64. The smallest absolute Gasteiger partial charge is 1.00 e. The minimum absolute atomic E-state index is 0. The third-order valence-electron chi connectivity index (χ3n) is 3.85. The summed E-state index contributed by atoms with van der Waals surface area (Å²) in [5.41, 5.74) is 5.68. The molecule has 0 aliphatic carbocycles. The molecule has 0 bridgehead atoms. The molecule has 2 aliphatic heterocycles. The van der Waals surface area contributed by atoms with Gasteiger partial charge in [0.25, 0.3) is 6.47 Å². The summed E-state index contributed by atoms with van der Waals surface area (Å²) in [6, 6.07) is 0.517. The zero-order chi connectivity index (χ0) is 22.3. The van der Waals surface area contributed by atoms with Gasteiger partial charge in [0.2, 0.25) is 0 Å². The van der Waals surface area contributed by atoms with Gasteiger partial charge in [0.15, 0.2) is 0 Å². The van der Waals surface area contributed by atoms with E-state index in [-0.39, 0.29) is 129 Å². The van der Waals surface area contributed by atoms with Gasteiger partial charge in [0.1, 0.15) is 0 Å². The minimum atomic E-state index is -0.181. The van der Waals surface area contributed by atoms with Crippen molar-refractivity contribution >= 4 is 22.4 Å². The Morgan fingerprint density at radius 1 is 1.16 bits per heavy atom. The standard InChI is InChI=1S/C9H15NO2.C6H13NO2.C3H3Br.CH2O3.2K.H/c1-3-5-10-8-4-6-12-7-9(8)11-2;1-8-6-4-9-3-2-5(6)7;1-2-3-4;2-1-4-3;;;/h1,8-10H,4-7H2,2H3;5-6H,2-4,7H2,1H3;1H,3H2;1,3H;;;/q;;;;2*+1;-1/p-1/t8?,9-;5?,6-;;;;;/m11...../s1. The molecule has 4 atom stereocenters. The van der Waals surface area contributed by atoms with Crippen LogP contribution in [0.25, 0.3) is 0 Å². The molecule has 2 unspecified atom stereocenters. The van der Waals surface area contributed by atoms with Crippen molar-refractivity contribution in [1.29, 1.82) is 0 Å². The van der Waals surface area contributed by atoms with Gasteiger partial charge in [-0.2, -0.15) is 0 Å². The molecule has 0 radical (unpaired) electrons. The summed E-state index contributed by atoms with van der Waals surface area (Å²) in [6.45, 7) is 3.31. The molecule has 0 amide bonds. The van der Waals surface area contributed by atoms with E-state index in [9.17, 15) is 0 Å². The average molecular weight is 560 g/mol. The van der Waals surface area contributed by atoms with E-state index in [4.69, 9.17) is 47.6 Å². The van der Waals surface area contributed by atoms with Crippen LogP contribution in [0.3, 0.4) is 0 Å². The van der Waals surface area contributed by atoms with E-state index in [0.29, 0.717) is 31.1 Å². The normalized spacial score (nSPS) is 23.5. The number of methoxy groups -OCH3 is 2. The Balaban J connectivity index is -0.000000109. The Bertz CT molecular complexity index is 474. The Morgan fingerprint density at radius 3 is 2.00 bits per heavy atom. The molecule has 2 aliphatic rings. The molecule has 0 aromatic carbocycles. The second-order valence-electron chi connectivity index (χ2n) is 5.66. The molecule has 2 heterocycles. The van der Waals surface area contributed by atoms with Crippen LogP contribution in [0.2, 0.25) is 0 Å². The number of hydrogen-bond donors (Lipinski definition) is 2. The first-order valence-corrected chi connectivity index (χ1v) is 10.0. The molecule has 2 saturated heterocycles. The van der Waals surface area contributed by atoms with Gasteiger partial charge in [-0.1, -0.05) is 27.8 Å². The van der Waals surface area contributed by atoms with Gasteiger partial charge in [-0.05, 0) is 12.8 Å². The monoisotopic (exact) mass is 558 g/mol. The molecule has 3 N–H and O–H groups in total. The first-order chi connectivity index (χ1) is 14.1. The van der Waals surface area contributed by atoms with Crippen LogP contribution in [0, 0.1) is 24.7 Å². The van der Waals surface area contributed by atoms with Gasteiger partial charge < -0.3 is 41.6 Å². The number of alkyl halides is 1. The van der Waals surface area contributed by atoms with Crippen LogP contribution in [0.4, 0.5) is 0 Å². The van der Waals surface area contributed by atoms with E-state index in [1.54, 1.807) is 14.2 Å². The first kappa shape index (κ1) is 40.2. The number of terminal acetylenes is 2. The van der Waals surface area contributed by atoms with Gasteiger partial charge in [0, 0.05) is 39.5 Å². The Hall–Kier alpha value is 2.06. The number of ether oxygens (including phenoxy) is 4. The van der Waals surface area contributed by atoms with Gasteiger partial charge in [0.05, 0.1) is 37.3 Å². The fraction of sp³-hybridized carbons (Fsp3) is 0.737. The molecule has 0 saturated carbocycles. The zero-order valence-corrected chi connectivity index (χ0v) is 26.8. The number of carbonyl (C=O) groups excluding carboxylic acids is 1. The molecule has 0 aromatic heterocycles. The fourth-order valence-corrected chi connectivity index (χ4v) is 2.34. The van der Waals surface area contributed by atoms with Gasteiger partial charge in [-0.15, -0.1) is 12.8 Å². The number of rotatable bonds is 5. The van der Waals surface area contributed by atoms with E-state index in [2.05, 4.69) is 38.0 Å². The van der Waals surface area contributed by atoms with Crippen LogP contribution in [0.5, 0.6) is 0 Å². The Kier molecular flexibility index (Phi) is 41.6. The van der Waals surface area contributed by atoms with Crippen molar-refractivity contribution < 1.29 is 138 Å². The first-order valence-electron chi connectivity index (χ1n) is 8.91. The predicted octanol–water partition coefficient (Wildman–Crippen LogP) is -6.67. The van der Waals surface area contributed by atoms with E-state index in [0.717, 1.165) is 26.1 Å². The van der Waals surface area contributed by atoms with E-state index in [1.165, 1.54) is 0 Å². The third kappa shape index (κ3) is 25.0. The molecular formula is C19H33BrK2N2O7. The van der Waals surface area contributed by atoms with Gasteiger partial charge in [-0.25, -0.2) is 0 Å². The number of nitrogens with one attached hydrogen (secondary N) is 1. The molecule has 170 valence electrons. The van der Waals surface area contributed by atoms with Crippen LogP contribution in [0.15, 0.2) is 0 Å². The topological polar surface area (TPSA) is 124 Å². The van der Waals surface area contributed by atoms with Crippen molar-refractivity contribution in [2.24, 2.45) is 5.73 Å². The molecule has 9 nitrogen and oxygen atoms in total. The largest absolute Gasteiger partial charge is 1.00 e. The van der Waals surface area contributed by atoms with Crippen molar-refractivity contribution in [1.82, 2.24) is 5.32 Å². The van der Waals surface area contributed by atoms with E-state index < -0.39 is 0 Å². The van der Waals surface area contributed by atoms with Crippen LogP contribution >= 0.6 is 15.9 Å². The number of carbonyl (C=O) groups is 1. The summed E-state index contributed by atoms with van der Waals surface area (Å²) < 4.78 is 20.7. The second kappa shape index (κ2) is 32.1. The maximum absolute atomic E-state index is 8.64. The maximum Gasteiger partial charge on any atom is 1.00 e. The Morgan fingerprint density at radius 2 is 1.65 bits per heavy atom. The summed E-state index contributed by atoms with van der Waals surface area (Å²) in [5.74, 6) is 4.90. The van der Waals surface area contributed by atoms with Crippen molar-refractivity contribution in [2.45, 2.75) is 37.1 Å². The molecule has 2 rings (SSSR count). The second-order valence-corrected chi connectivity index (χ2v) is 6.22. The molecule has 12 heteroatoms. The number of halogens is 1. The van der Waals surface area contributed by atoms with Crippen LogP contribution in [-0.4, -0.2) is 83.3 Å². The van der Waals surface area contributed by atoms with Crippen LogP contribution in [-0.2, 0) is 28.6 Å². The molecule has 2 fully saturated rings. The van der Waals surface area contributed by atoms with Crippen molar-refractivity contribution in [2.75, 3.05) is 52.5 Å². The fourth-order valence-electron chi connectivity index (χ4n) is 2.34.